The van der Waals surface area contributed by atoms with Gasteiger partial charge in [-0.2, -0.15) is 0 Å². The van der Waals surface area contributed by atoms with Crippen molar-refractivity contribution in [3.05, 3.63) is 11.1 Å². The van der Waals surface area contributed by atoms with Gasteiger partial charge in [0.05, 0.1) is 0 Å². The Hall–Kier alpha value is -0.690. The fraction of sp³-hybridized carbons (Fsp3) is 0.824. The lowest BCUT2D eigenvalue weighted by atomic mass is 9.94. The Bertz CT molecular complexity index is 483. The minimum atomic E-state index is 0.268. The molecule has 1 unspecified atom stereocenters. The first kappa shape index (κ1) is 18.6. The van der Waals surface area contributed by atoms with Gasteiger partial charge in [0.25, 0.3) is 0 Å². The molecule has 0 bridgehead atoms. The number of aliphatic hydroxyl groups is 1. The quantitative estimate of drug-likeness (QED) is 0.859. The van der Waals surface area contributed by atoms with Crippen molar-refractivity contribution >= 4 is 16.5 Å². The van der Waals surface area contributed by atoms with E-state index in [1.54, 1.807) is 11.3 Å². The van der Waals surface area contributed by atoms with E-state index in [-0.39, 0.29) is 6.61 Å². The van der Waals surface area contributed by atoms with E-state index in [9.17, 15) is 5.11 Å². The summed E-state index contributed by atoms with van der Waals surface area (Å²) in [6.45, 7) is 12.4. The van der Waals surface area contributed by atoms with Crippen molar-refractivity contribution in [1.29, 1.82) is 0 Å². The number of nitrogens with zero attached hydrogens (tertiary/aromatic N) is 4. The third-order valence-corrected chi connectivity index (χ3v) is 5.28. The second kappa shape index (κ2) is 7.92. The molecule has 0 spiro atoms. The Morgan fingerprint density at radius 3 is 2.65 bits per heavy atom. The highest BCUT2D eigenvalue weighted by atomic mass is 32.1. The minimum Gasteiger partial charge on any atom is -0.396 e. The molecule has 132 valence electrons. The van der Waals surface area contributed by atoms with Gasteiger partial charge in [0.1, 0.15) is 0 Å². The van der Waals surface area contributed by atoms with Crippen LogP contribution in [-0.4, -0.2) is 72.8 Å². The first-order chi connectivity index (χ1) is 10.8. The first-order valence-electron chi connectivity index (χ1n) is 8.48. The van der Waals surface area contributed by atoms with Crippen molar-refractivity contribution in [2.75, 3.05) is 51.8 Å². The molecule has 0 aromatic carbocycles. The number of hydrogen-bond donors (Lipinski definition) is 1. The lowest BCUT2D eigenvalue weighted by Crippen LogP contribution is -2.54. The fourth-order valence-corrected chi connectivity index (χ4v) is 4.01. The summed E-state index contributed by atoms with van der Waals surface area (Å²) in [5, 5.41) is 10.5. The number of rotatable bonds is 6. The maximum atomic E-state index is 9.42. The van der Waals surface area contributed by atoms with Crippen LogP contribution in [0.2, 0.25) is 0 Å². The largest absolute Gasteiger partial charge is 0.396 e. The van der Waals surface area contributed by atoms with Gasteiger partial charge in [-0.25, -0.2) is 4.98 Å². The van der Waals surface area contributed by atoms with Crippen molar-refractivity contribution in [2.45, 2.75) is 39.8 Å². The molecule has 0 radical (unpaired) electrons. The van der Waals surface area contributed by atoms with Gasteiger partial charge in [-0.15, -0.1) is 11.3 Å². The molecule has 0 saturated carbocycles. The molecule has 1 saturated heterocycles. The number of piperazine rings is 1. The molecular formula is C17H32N4OS. The normalized spacial score (nSPS) is 20.9. The van der Waals surface area contributed by atoms with Gasteiger partial charge in [0.15, 0.2) is 5.13 Å². The third kappa shape index (κ3) is 5.71. The Labute approximate surface area is 144 Å². The smallest absolute Gasteiger partial charge is 0.185 e. The third-order valence-electron chi connectivity index (χ3n) is 4.13. The zero-order valence-electron chi connectivity index (χ0n) is 15.2. The summed E-state index contributed by atoms with van der Waals surface area (Å²) in [7, 11) is 4.07. The highest BCUT2D eigenvalue weighted by Crippen LogP contribution is 2.25. The molecule has 5 nitrogen and oxygen atoms in total. The van der Waals surface area contributed by atoms with Gasteiger partial charge in [0, 0.05) is 70.5 Å². The van der Waals surface area contributed by atoms with Crippen LogP contribution in [-0.2, 0) is 6.54 Å². The molecule has 1 fully saturated rings. The predicted molar refractivity (Wildman–Crippen MR) is 98.2 cm³/mol. The predicted octanol–water partition coefficient (Wildman–Crippen LogP) is 2.12. The van der Waals surface area contributed by atoms with Crippen LogP contribution in [0.4, 0.5) is 5.13 Å². The molecule has 2 rings (SSSR count). The summed E-state index contributed by atoms with van der Waals surface area (Å²) in [5.74, 6) is 0. The molecule has 2 heterocycles. The summed E-state index contributed by atoms with van der Waals surface area (Å²) >= 11 is 1.77. The van der Waals surface area contributed by atoms with Crippen molar-refractivity contribution in [3.63, 3.8) is 0 Å². The summed E-state index contributed by atoms with van der Waals surface area (Å²) in [5.41, 5.74) is 0.300. The van der Waals surface area contributed by atoms with E-state index < -0.39 is 0 Å². The van der Waals surface area contributed by atoms with E-state index in [0.29, 0.717) is 11.5 Å². The molecular weight excluding hydrogens is 308 g/mol. The Morgan fingerprint density at radius 2 is 2.09 bits per heavy atom. The Balaban J connectivity index is 1.95. The van der Waals surface area contributed by atoms with Crippen LogP contribution >= 0.6 is 11.3 Å². The highest BCUT2D eigenvalue weighted by molar-refractivity contribution is 7.15. The number of aromatic nitrogens is 1. The topological polar surface area (TPSA) is 42.8 Å². The van der Waals surface area contributed by atoms with Crippen LogP contribution in [0.15, 0.2) is 6.20 Å². The zero-order valence-corrected chi connectivity index (χ0v) is 16.1. The average Bonchev–Trinajstić information content (AvgIpc) is 2.89. The van der Waals surface area contributed by atoms with Crippen molar-refractivity contribution in [2.24, 2.45) is 5.41 Å². The van der Waals surface area contributed by atoms with Gasteiger partial charge in [-0.3, -0.25) is 9.80 Å². The number of anilines is 1. The van der Waals surface area contributed by atoms with E-state index >= 15 is 0 Å². The molecule has 1 atom stereocenters. The van der Waals surface area contributed by atoms with E-state index in [4.69, 9.17) is 0 Å². The van der Waals surface area contributed by atoms with Crippen LogP contribution in [0, 0.1) is 5.41 Å². The van der Waals surface area contributed by atoms with Crippen LogP contribution in [0.25, 0.3) is 0 Å². The lowest BCUT2D eigenvalue weighted by molar-refractivity contribution is 0.0343. The molecule has 0 amide bonds. The molecule has 6 heteroatoms. The van der Waals surface area contributed by atoms with Gasteiger partial charge in [0.2, 0.25) is 0 Å². The molecule has 1 aliphatic rings. The fourth-order valence-electron chi connectivity index (χ4n) is 3.14. The van der Waals surface area contributed by atoms with Crippen LogP contribution < -0.4 is 4.90 Å². The Morgan fingerprint density at radius 1 is 1.35 bits per heavy atom. The number of hydrogen-bond acceptors (Lipinski definition) is 6. The summed E-state index contributed by atoms with van der Waals surface area (Å²) in [6, 6.07) is 0.453. The van der Waals surface area contributed by atoms with Gasteiger partial charge in [-0.05, 0) is 11.8 Å². The van der Waals surface area contributed by atoms with E-state index in [0.717, 1.165) is 44.3 Å². The van der Waals surface area contributed by atoms with Crippen LogP contribution in [0.3, 0.4) is 0 Å². The maximum absolute atomic E-state index is 9.42. The monoisotopic (exact) mass is 340 g/mol. The SMILES string of the molecule is CN(C)c1ncc(CN2CCN(CC(C)(C)C)C(CCO)C2)s1. The van der Waals surface area contributed by atoms with Crippen molar-refractivity contribution in [1.82, 2.24) is 14.8 Å². The number of aliphatic hydroxyl groups excluding tert-OH is 1. The Kier molecular flexibility index (Phi) is 6.42. The molecule has 1 aromatic rings. The van der Waals surface area contributed by atoms with E-state index in [2.05, 4.69) is 40.5 Å². The van der Waals surface area contributed by atoms with Gasteiger partial charge >= 0.3 is 0 Å². The van der Waals surface area contributed by atoms with Gasteiger partial charge in [-0.1, -0.05) is 20.8 Å². The molecule has 1 N–H and O–H groups in total. The second-order valence-corrected chi connectivity index (χ2v) is 9.03. The molecule has 23 heavy (non-hydrogen) atoms. The molecule has 0 aliphatic carbocycles. The molecule has 1 aliphatic heterocycles. The average molecular weight is 341 g/mol. The van der Waals surface area contributed by atoms with Gasteiger partial charge < -0.3 is 10.0 Å². The van der Waals surface area contributed by atoms with Crippen LogP contribution in [0.5, 0.6) is 0 Å². The van der Waals surface area contributed by atoms with E-state index in [1.165, 1.54) is 4.88 Å². The summed E-state index contributed by atoms with van der Waals surface area (Å²) in [6.07, 6.45) is 2.86. The van der Waals surface area contributed by atoms with E-state index in [1.807, 2.05) is 20.3 Å². The van der Waals surface area contributed by atoms with Crippen molar-refractivity contribution in [3.8, 4) is 0 Å². The summed E-state index contributed by atoms with van der Waals surface area (Å²) in [4.78, 5) is 12.9. The minimum absolute atomic E-state index is 0.268. The second-order valence-electron chi connectivity index (χ2n) is 7.94. The van der Waals surface area contributed by atoms with Crippen molar-refractivity contribution < 1.29 is 5.11 Å². The highest BCUT2D eigenvalue weighted by Gasteiger charge is 2.29. The molecule has 1 aromatic heterocycles. The lowest BCUT2D eigenvalue weighted by Gasteiger charge is -2.43. The number of thiazole rings is 1. The van der Waals surface area contributed by atoms with Crippen LogP contribution in [0.1, 0.15) is 32.1 Å². The zero-order chi connectivity index (χ0) is 17.0. The standard InChI is InChI=1S/C17H32N4OS/c1-17(2,3)13-21-8-7-20(11-14(21)6-9-22)12-15-10-18-16(23-15)19(4)5/h10,14,22H,6-9,11-13H2,1-5H3. The first-order valence-corrected chi connectivity index (χ1v) is 9.29. The summed E-state index contributed by atoms with van der Waals surface area (Å²) < 4.78 is 0. The maximum Gasteiger partial charge on any atom is 0.185 e.